The molecule has 148 valence electrons. The molecule has 0 atom stereocenters. The van der Waals surface area contributed by atoms with Gasteiger partial charge in [-0.1, -0.05) is 35.5 Å². The van der Waals surface area contributed by atoms with Gasteiger partial charge in [0.15, 0.2) is 0 Å². The van der Waals surface area contributed by atoms with E-state index in [0.29, 0.717) is 21.6 Å². The first-order chi connectivity index (χ1) is 14.1. The van der Waals surface area contributed by atoms with Gasteiger partial charge >= 0.3 is 0 Å². The summed E-state index contributed by atoms with van der Waals surface area (Å²) in [6, 6.07) is 16.3. The molecular formula is C19H17ClN6O2S. The Bertz CT molecular complexity index is 1020. The fourth-order valence-corrected chi connectivity index (χ4v) is 3.50. The Labute approximate surface area is 177 Å². The van der Waals surface area contributed by atoms with Gasteiger partial charge in [-0.15, -0.1) is 5.10 Å². The largest absolute Gasteiger partial charge is 0.495 e. The Balaban J connectivity index is 1.77. The number of rotatable bonds is 8. The van der Waals surface area contributed by atoms with Crippen LogP contribution in [0.5, 0.6) is 5.75 Å². The van der Waals surface area contributed by atoms with Gasteiger partial charge in [-0.2, -0.15) is 9.94 Å². The van der Waals surface area contributed by atoms with Crippen molar-refractivity contribution in [1.29, 1.82) is 5.26 Å². The minimum Gasteiger partial charge on any atom is -0.495 e. The lowest BCUT2D eigenvalue weighted by Crippen LogP contribution is -2.33. The number of hydrogen-bond acceptors (Lipinski definition) is 7. The molecule has 1 heterocycles. The molecule has 0 aliphatic carbocycles. The third-order valence-electron chi connectivity index (χ3n) is 3.96. The van der Waals surface area contributed by atoms with E-state index in [9.17, 15) is 4.79 Å². The number of ether oxygens (including phenoxy) is 1. The molecule has 0 saturated carbocycles. The summed E-state index contributed by atoms with van der Waals surface area (Å²) in [4.78, 5) is 14.5. The summed E-state index contributed by atoms with van der Waals surface area (Å²) in [6.45, 7) is 0.262. The monoisotopic (exact) mass is 428 g/mol. The summed E-state index contributed by atoms with van der Waals surface area (Å²) < 4.78 is 6.90. The molecule has 0 radical (unpaired) electrons. The minimum atomic E-state index is -0.180. The summed E-state index contributed by atoms with van der Waals surface area (Å²) in [5, 5.41) is 21.7. The van der Waals surface area contributed by atoms with Crippen LogP contribution in [0.1, 0.15) is 6.42 Å². The predicted octanol–water partition coefficient (Wildman–Crippen LogP) is 3.36. The number of amides is 1. The van der Waals surface area contributed by atoms with Crippen molar-refractivity contribution in [3.63, 3.8) is 0 Å². The SMILES string of the molecule is COc1ccccc1N(CCC#N)C(=O)CSc1nnnn1-c1ccc(Cl)cc1. The molecule has 0 aliphatic heterocycles. The maximum Gasteiger partial charge on any atom is 0.237 e. The van der Waals surface area contributed by atoms with Crippen LogP contribution >= 0.6 is 23.4 Å². The van der Waals surface area contributed by atoms with Crippen LogP contribution in [0.15, 0.2) is 53.7 Å². The lowest BCUT2D eigenvalue weighted by atomic mass is 10.2. The maximum atomic E-state index is 13.0. The van der Waals surface area contributed by atoms with Crippen LogP contribution in [-0.4, -0.2) is 45.5 Å². The number of anilines is 1. The van der Waals surface area contributed by atoms with Crippen molar-refractivity contribution in [2.75, 3.05) is 24.3 Å². The zero-order valence-corrected chi connectivity index (χ0v) is 17.1. The molecule has 2 aromatic carbocycles. The highest BCUT2D eigenvalue weighted by Gasteiger charge is 2.20. The first-order valence-corrected chi connectivity index (χ1v) is 9.98. The van der Waals surface area contributed by atoms with Crippen LogP contribution in [0.2, 0.25) is 5.02 Å². The van der Waals surface area contributed by atoms with Crippen LogP contribution in [0.3, 0.4) is 0 Å². The van der Waals surface area contributed by atoms with Crippen molar-refractivity contribution in [1.82, 2.24) is 20.2 Å². The molecule has 1 amide bonds. The lowest BCUT2D eigenvalue weighted by molar-refractivity contribution is -0.116. The van der Waals surface area contributed by atoms with Crippen molar-refractivity contribution in [2.24, 2.45) is 0 Å². The number of nitrogens with zero attached hydrogens (tertiary/aromatic N) is 6. The van der Waals surface area contributed by atoms with E-state index in [2.05, 4.69) is 21.6 Å². The number of para-hydroxylation sites is 2. The van der Waals surface area contributed by atoms with Crippen LogP contribution in [-0.2, 0) is 4.79 Å². The molecule has 0 unspecified atom stereocenters. The molecule has 10 heteroatoms. The highest BCUT2D eigenvalue weighted by molar-refractivity contribution is 7.99. The minimum absolute atomic E-state index is 0.0947. The van der Waals surface area contributed by atoms with Crippen molar-refractivity contribution in [3.05, 3.63) is 53.6 Å². The van der Waals surface area contributed by atoms with Crippen molar-refractivity contribution in [3.8, 4) is 17.5 Å². The molecule has 1 aromatic heterocycles. The molecule has 0 bridgehead atoms. The second-order valence-electron chi connectivity index (χ2n) is 5.76. The zero-order chi connectivity index (χ0) is 20.6. The molecule has 0 saturated heterocycles. The Kier molecular flexibility index (Phi) is 7.05. The topological polar surface area (TPSA) is 96.9 Å². The zero-order valence-electron chi connectivity index (χ0n) is 15.5. The lowest BCUT2D eigenvalue weighted by Gasteiger charge is -2.23. The fourth-order valence-electron chi connectivity index (χ4n) is 2.61. The smallest absolute Gasteiger partial charge is 0.237 e. The molecular weight excluding hydrogens is 412 g/mol. The number of benzene rings is 2. The van der Waals surface area contributed by atoms with Gasteiger partial charge in [0, 0.05) is 11.6 Å². The second kappa shape index (κ2) is 9.91. The quantitative estimate of drug-likeness (QED) is 0.507. The van der Waals surface area contributed by atoms with Gasteiger partial charge in [0.2, 0.25) is 11.1 Å². The van der Waals surface area contributed by atoms with Crippen molar-refractivity contribution >= 4 is 35.0 Å². The van der Waals surface area contributed by atoms with Gasteiger partial charge in [0.1, 0.15) is 5.75 Å². The van der Waals surface area contributed by atoms with E-state index in [1.807, 2.05) is 12.1 Å². The van der Waals surface area contributed by atoms with E-state index in [-0.39, 0.29) is 24.6 Å². The Morgan fingerprint density at radius 3 is 2.76 bits per heavy atom. The van der Waals surface area contributed by atoms with Crippen LogP contribution in [0, 0.1) is 11.3 Å². The number of carbonyl (C=O) groups excluding carboxylic acids is 1. The molecule has 0 spiro atoms. The molecule has 3 rings (SSSR count). The third-order valence-corrected chi connectivity index (χ3v) is 5.12. The van der Waals surface area contributed by atoms with Crippen molar-refractivity contribution < 1.29 is 9.53 Å². The molecule has 29 heavy (non-hydrogen) atoms. The fraction of sp³-hybridized carbons (Fsp3) is 0.211. The number of carbonyl (C=O) groups is 1. The Hall–Kier alpha value is -3.09. The summed E-state index contributed by atoms with van der Waals surface area (Å²) in [7, 11) is 1.54. The maximum absolute atomic E-state index is 13.0. The first kappa shape index (κ1) is 20.6. The third kappa shape index (κ3) is 5.04. The van der Waals surface area contributed by atoms with E-state index in [0.717, 1.165) is 5.69 Å². The number of halogens is 1. The number of thioether (sulfide) groups is 1. The summed E-state index contributed by atoms with van der Waals surface area (Å²) in [5.74, 6) is 0.479. The molecule has 0 N–H and O–H groups in total. The highest BCUT2D eigenvalue weighted by Crippen LogP contribution is 2.29. The normalized spacial score (nSPS) is 10.4. The summed E-state index contributed by atoms with van der Waals surface area (Å²) >= 11 is 7.14. The van der Waals surface area contributed by atoms with E-state index in [4.69, 9.17) is 21.6 Å². The number of hydrogen-bond donors (Lipinski definition) is 0. The average Bonchev–Trinajstić information content (AvgIpc) is 3.22. The van der Waals surface area contributed by atoms with Crippen LogP contribution in [0.4, 0.5) is 5.69 Å². The predicted molar refractivity (Wildman–Crippen MR) is 110 cm³/mol. The second-order valence-corrected chi connectivity index (χ2v) is 7.14. The van der Waals surface area contributed by atoms with E-state index in [1.54, 1.807) is 48.4 Å². The Morgan fingerprint density at radius 1 is 1.28 bits per heavy atom. The number of nitriles is 1. The first-order valence-electron chi connectivity index (χ1n) is 8.61. The molecule has 0 fully saturated rings. The van der Waals surface area contributed by atoms with E-state index >= 15 is 0 Å². The molecule has 8 nitrogen and oxygen atoms in total. The van der Waals surface area contributed by atoms with Gasteiger partial charge in [0.25, 0.3) is 0 Å². The van der Waals surface area contributed by atoms with Gasteiger partial charge in [-0.25, -0.2) is 0 Å². The average molecular weight is 429 g/mol. The number of aromatic nitrogens is 4. The standard InChI is InChI=1S/C19H17ClN6O2S/c1-28-17-6-3-2-5-16(17)25(12-4-11-21)18(27)13-29-19-22-23-24-26(19)15-9-7-14(20)8-10-15/h2-3,5-10H,4,12-13H2,1H3. The van der Waals surface area contributed by atoms with Gasteiger partial charge in [0.05, 0.1) is 36.7 Å². The van der Waals surface area contributed by atoms with Gasteiger partial charge in [-0.05, 0) is 46.8 Å². The number of tetrazole rings is 1. The van der Waals surface area contributed by atoms with Crippen molar-refractivity contribution in [2.45, 2.75) is 11.6 Å². The van der Waals surface area contributed by atoms with Gasteiger partial charge < -0.3 is 9.64 Å². The number of methoxy groups -OCH3 is 1. The van der Waals surface area contributed by atoms with E-state index < -0.39 is 0 Å². The Morgan fingerprint density at radius 2 is 2.03 bits per heavy atom. The molecule has 3 aromatic rings. The van der Waals surface area contributed by atoms with Crippen LogP contribution in [0.25, 0.3) is 5.69 Å². The van der Waals surface area contributed by atoms with E-state index in [1.165, 1.54) is 16.4 Å². The summed E-state index contributed by atoms with van der Waals surface area (Å²) in [6.07, 6.45) is 0.205. The van der Waals surface area contributed by atoms with Crippen LogP contribution < -0.4 is 9.64 Å². The molecule has 0 aliphatic rings. The summed E-state index contributed by atoms with van der Waals surface area (Å²) in [5.41, 5.74) is 1.36. The van der Waals surface area contributed by atoms with Gasteiger partial charge in [-0.3, -0.25) is 4.79 Å². The highest BCUT2D eigenvalue weighted by atomic mass is 35.5.